The van der Waals surface area contributed by atoms with Gasteiger partial charge in [-0.2, -0.15) is 0 Å². The van der Waals surface area contributed by atoms with Crippen molar-refractivity contribution in [3.63, 3.8) is 0 Å². The minimum atomic E-state index is -0.271. The molecule has 2 unspecified atom stereocenters. The lowest BCUT2D eigenvalue weighted by Gasteiger charge is -2.17. The smallest absolute Gasteiger partial charge is 0.0772 e. The molecule has 0 aliphatic heterocycles. The number of rotatable bonds is 3. The summed E-state index contributed by atoms with van der Waals surface area (Å²) in [6.45, 7) is 7.74. The van der Waals surface area contributed by atoms with Crippen LogP contribution in [0.2, 0.25) is 0 Å². The van der Waals surface area contributed by atoms with Gasteiger partial charge in [0.15, 0.2) is 0 Å². The summed E-state index contributed by atoms with van der Waals surface area (Å²) in [7, 11) is 0. The van der Waals surface area contributed by atoms with Gasteiger partial charge in [0.05, 0.1) is 6.10 Å². The van der Waals surface area contributed by atoms with Crippen molar-refractivity contribution < 1.29 is 5.11 Å². The lowest BCUT2D eigenvalue weighted by molar-refractivity contribution is 0.139. The number of hydrogen-bond acceptors (Lipinski definition) is 1. The van der Waals surface area contributed by atoms with Gasteiger partial charge in [-0.1, -0.05) is 19.1 Å². The molecule has 58 valence electrons. The van der Waals surface area contributed by atoms with Crippen LogP contribution < -0.4 is 0 Å². The molecule has 1 heteroatoms. The highest BCUT2D eigenvalue weighted by Gasteiger charge is 2.32. The van der Waals surface area contributed by atoms with Crippen LogP contribution >= 0.6 is 0 Å². The van der Waals surface area contributed by atoms with Gasteiger partial charge in [-0.15, -0.1) is 0 Å². The lowest BCUT2D eigenvalue weighted by Crippen LogP contribution is -2.19. The van der Waals surface area contributed by atoms with Crippen LogP contribution in [-0.4, -0.2) is 11.2 Å². The van der Waals surface area contributed by atoms with Crippen LogP contribution in [0.5, 0.6) is 0 Å². The fraction of sp³-hybridized carbons (Fsp3) is 0.778. The summed E-state index contributed by atoms with van der Waals surface area (Å²) >= 11 is 0. The van der Waals surface area contributed by atoms with Crippen molar-refractivity contribution in [3.8, 4) is 0 Å². The second-order valence-corrected chi connectivity index (χ2v) is 3.49. The highest BCUT2D eigenvalue weighted by molar-refractivity contribution is 5.01. The fourth-order valence-corrected chi connectivity index (χ4v) is 1.33. The SMILES string of the molecule is C=C(C)C(O)C(C)C1CC1. The van der Waals surface area contributed by atoms with Crippen molar-refractivity contribution in [1.82, 2.24) is 0 Å². The normalized spacial score (nSPS) is 23.9. The maximum absolute atomic E-state index is 9.51. The Morgan fingerprint density at radius 3 is 2.40 bits per heavy atom. The molecule has 0 spiro atoms. The number of aliphatic hydroxyl groups excluding tert-OH is 1. The van der Waals surface area contributed by atoms with Crippen LogP contribution in [0.1, 0.15) is 26.7 Å². The van der Waals surface area contributed by atoms with Gasteiger partial charge in [0, 0.05) is 0 Å². The molecule has 0 bridgehead atoms. The van der Waals surface area contributed by atoms with Gasteiger partial charge in [0.1, 0.15) is 0 Å². The third-order valence-electron chi connectivity index (χ3n) is 2.37. The molecule has 10 heavy (non-hydrogen) atoms. The maximum Gasteiger partial charge on any atom is 0.0772 e. The van der Waals surface area contributed by atoms with Crippen molar-refractivity contribution in [1.29, 1.82) is 0 Å². The average Bonchev–Trinajstić information content (AvgIpc) is 2.65. The molecule has 0 radical (unpaired) electrons. The van der Waals surface area contributed by atoms with Gasteiger partial charge in [0.2, 0.25) is 0 Å². The molecule has 1 fully saturated rings. The zero-order valence-electron chi connectivity index (χ0n) is 6.80. The van der Waals surface area contributed by atoms with Gasteiger partial charge in [-0.25, -0.2) is 0 Å². The van der Waals surface area contributed by atoms with Crippen molar-refractivity contribution in [2.45, 2.75) is 32.8 Å². The maximum atomic E-state index is 9.51. The summed E-state index contributed by atoms with van der Waals surface area (Å²) in [4.78, 5) is 0. The topological polar surface area (TPSA) is 20.2 Å². The molecule has 0 aromatic carbocycles. The highest BCUT2D eigenvalue weighted by atomic mass is 16.3. The van der Waals surface area contributed by atoms with E-state index in [4.69, 9.17) is 0 Å². The van der Waals surface area contributed by atoms with Crippen LogP contribution in [0.25, 0.3) is 0 Å². The van der Waals surface area contributed by atoms with Crippen molar-refractivity contribution in [2.24, 2.45) is 11.8 Å². The van der Waals surface area contributed by atoms with E-state index in [1.165, 1.54) is 12.8 Å². The fourth-order valence-electron chi connectivity index (χ4n) is 1.33. The van der Waals surface area contributed by atoms with E-state index >= 15 is 0 Å². The van der Waals surface area contributed by atoms with Crippen LogP contribution in [0.15, 0.2) is 12.2 Å². The highest BCUT2D eigenvalue weighted by Crippen LogP contribution is 2.39. The molecular formula is C9H16O. The summed E-state index contributed by atoms with van der Waals surface area (Å²) < 4.78 is 0. The Hall–Kier alpha value is -0.300. The Kier molecular flexibility index (Phi) is 2.14. The molecule has 0 aromatic rings. The van der Waals surface area contributed by atoms with E-state index in [0.717, 1.165) is 11.5 Å². The van der Waals surface area contributed by atoms with Crippen LogP contribution in [0, 0.1) is 11.8 Å². The molecule has 0 heterocycles. The molecule has 1 aliphatic carbocycles. The third kappa shape index (κ3) is 1.60. The Balaban J connectivity index is 2.38. The van der Waals surface area contributed by atoms with Gasteiger partial charge < -0.3 is 5.11 Å². The number of aliphatic hydroxyl groups is 1. The first kappa shape index (κ1) is 7.80. The van der Waals surface area contributed by atoms with E-state index in [1.54, 1.807) is 0 Å². The van der Waals surface area contributed by atoms with Gasteiger partial charge >= 0.3 is 0 Å². The van der Waals surface area contributed by atoms with E-state index in [2.05, 4.69) is 13.5 Å². The summed E-state index contributed by atoms with van der Waals surface area (Å²) in [6.07, 6.45) is 2.32. The van der Waals surface area contributed by atoms with Crippen LogP contribution in [0.3, 0.4) is 0 Å². The van der Waals surface area contributed by atoms with E-state index < -0.39 is 0 Å². The molecule has 2 atom stereocenters. The van der Waals surface area contributed by atoms with E-state index in [-0.39, 0.29) is 6.10 Å². The largest absolute Gasteiger partial charge is 0.388 e. The van der Waals surface area contributed by atoms with E-state index in [9.17, 15) is 5.11 Å². The van der Waals surface area contributed by atoms with Gasteiger partial charge in [-0.05, 0) is 31.6 Å². The Bertz CT molecular complexity index is 136. The second kappa shape index (κ2) is 2.75. The zero-order chi connectivity index (χ0) is 7.72. The van der Waals surface area contributed by atoms with E-state index in [1.807, 2.05) is 6.92 Å². The first-order chi connectivity index (χ1) is 4.63. The first-order valence-corrected chi connectivity index (χ1v) is 3.96. The molecule has 0 saturated heterocycles. The Labute approximate surface area is 62.8 Å². The van der Waals surface area contributed by atoms with E-state index in [0.29, 0.717) is 5.92 Å². The van der Waals surface area contributed by atoms with Crippen molar-refractivity contribution in [3.05, 3.63) is 12.2 Å². The minimum absolute atomic E-state index is 0.271. The Morgan fingerprint density at radius 2 is 2.10 bits per heavy atom. The molecular weight excluding hydrogens is 124 g/mol. The quantitative estimate of drug-likeness (QED) is 0.594. The molecule has 1 rings (SSSR count). The summed E-state index contributed by atoms with van der Waals surface area (Å²) in [5, 5.41) is 9.51. The lowest BCUT2D eigenvalue weighted by atomic mass is 9.95. The molecule has 1 nitrogen and oxygen atoms in total. The molecule has 0 aromatic heterocycles. The third-order valence-corrected chi connectivity index (χ3v) is 2.37. The molecule has 1 saturated carbocycles. The van der Waals surface area contributed by atoms with Crippen molar-refractivity contribution in [2.75, 3.05) is 0 Å². The zero-order valence-corrected chi connectivity index (χ0v) is 6.80. The molecule has 0 amide bonds. The van der Waals surface area contributed by atoms with Gasteiger partial charge in [-0.3, -0.25) is 0 Å². The summed E-state index contributed by atoms with van der Waals surface area (Å²) in [6, 6.07) is 0. The summed E-state index contributed by atoms with van der Waals surface area (Å²) in [5.41, 5.74) is 0.902. The monoisotopic (exact) mass is 140 g/mol. The minimum Gasteiger partial charge on any atom is -0.388 e. The molecule has 1 aliphatic rings. The Morgan fingerprint density at radius 1 is 1.60 bits per heavy atom. The predicted octanol–water partition coefficient (Wildman–Crippen LogP) is 1.97. The standard InChI is InChI=1S/C9H16O/c1-6(2)9(10)7(3)8-4-5-8/h7-10H,1,4-5H2,2-3H3. The number of hydrogen-bond donors (Lipinski definition) is 1. The van der Waals surface area contributed by atoms with Crippen molar-refractivity contribution >= 4 is 0 Å². The first-order valence-electron chi connectivity index (χ1n) is 3.96. The second-order valence-electron chi connectivity index (χ2n) is 3.49. The average molecular weight is 140 g/mol. The van der Waals surface area contributed by atoms with Gasteiger partial charge in [0.25, 0.3) is 0 Å². The summed E-state index contributed by atoms with van der Waals surface area (Å²) in [5.74, 6) is 1.20. The van der Waals surface area contributed by atoms with Crippen LogP contribution in [-0.2, 0) is 0 Å². The predicted molar refractivity (Wildman–Crippen MR) is 42.7 cm³/mol. The molecule has 1 N–H and O–H groups in total. The van der Waals surface area contributed by atoms with Crippen LogP contribution in [0.4, 0.5) is 0 Å².